The van der Waals surface area contributed by atoms with Crippen molar-refractivity contribution in [3.8, 4) is 11.3 Å². The number of aromatic nitrogens is 3. The zero-order valence-corrected chi connectivity index (χ0v) is 12.8. The molecule has 6 heteroatoms. The fraction of sp³-hybridized carbons (Fsp3) is 0.125. The zero-order chi connectivity index (χ0) is 14.9. The minimum Gasteiger partial charge on any atom is -0.300 e. The Morgan fingerprint density at radius 3 is 2.95 bits per heavy atom. The average Bonchev–Trinajstić information content (AvgIpc) is 2.84. The molecule has 3 aromatic rings. The lowest BCUT2D eigenvalue weighted by molar-refractivity contribution is 1.03. The number of hydrogen-bond acceptors (Lipinski definition) is 6. The smallest absolute Gasteiger partial charge is 0.229 e. The highest BCUT2D eigenvalue weighted by Gasteiger charge is 2.15. The fourth-order valence-electron chi connectivity index (χ4n) is 2.39. The van der Waals surface area contributed by atoms with Gasteiger partial charge in [0.2, 0.25) is 5.95 Å². The third kappa shape index (κ3) is 2.37. The first-order valence-electron chi connectivity index (χ1n) is 6.94. The summed E-state index contributed by atoms with van der Waals surface area (Å²) in [5, 5.41) is 5.97. The van der Waals surface area contributed by atoms with Crippen LogP contribution < -0.4 is 5.32 Å². The number of thiazole rings is 1. The maximum atomic E-state index is 4.68. The van der Waals surface area contributed by atoms with Gasteiger partial charge in [-0.05, 0) is 6.92 Å². The molecule has 0 amide bonds. The third-order valence-corrected chi connectivity index (χ3v) is 4.29. The first-order valence-corrected chi connectivity index (χ1v) is 7.82. The molecule has 108 valence electrons. The molecule has 0 saturated carbocycles. The van der Waals surface area contributed by atoms with E-state index < -0.39 is 0 Å². The van der Waals surface area contributed by atoms with Crippen LogP contribution in [0.1, 0.15) is 16.8 Å². The van der Waals surface area contributed by atoms with Gasteiger partial charge in [-0.25, -0.2) is 15.0 Å². The summed E-state index contributed by atoms with van der Waals surface area (Å²) in [6, 6.07) is 8.14. The quantitative estimate of drug-likeness (QED) is 0.786. The van der Waals surface area contributed by atoms with Crippen molar-refractivity contribution in [2.24, 2.45) is 4.99 Å². The molecule has 22 heavy (non-hydrogen) atoms. The van der Waals surface area contributed by atoms with Crippen LogP contribution in [0.15, 0.2) is 40.8 Å². The molecule has 3 heterocycles. The second kappa shape index (κ2) is 5.31. The minimum atomic E-state index is 0.560. The highest BCUT2D eigenvalue weighted by atomic mass is 32.1. The molecule has 0 unspecified atom stereocenters. The van der Waals surface area contributed by atoms with E-state index in [9.17, 15) is 0 Å². The van der Waals surface area contributed by atoms with Crippen LogP contribution in [0.3, 0.4) is 0 Å². The Kier molecular flexibility index (Phi) is 3.16. The zero-order valence-electron chi connectivity index (χ0n) is 11.9. The number of nitrogens with zero attached hydrogens (tertiary/aromatic N) is 4. The number of rotatable bonds is 2. The van der Waals surface area contributed by atoms with Crippen molar-refractivity contribution >= 4 is 28.6 Å². The van der Waals surface area contributed by atoms with Gasteiger partial charge in [-0.15, -0.1) is 11.3 Å². The number of aryl methyl sites for hydroxylation is 1. The minimum absolute atomic E-state index is 0.560. The third-order valence-electron chi connectivity index (χ3n) is 3.41. The molecule has 4 rings (SSSR count). The average molecular weight is 307 g/mol. The van der Waals surface area contributed by atoms with Crippen LogP contribution in [0, 0.1) is 6.92 Å². The van der Waals surface area contributed by atoms with E-state index >= 15 is 0 Å². The molecule has 1 aromatic carbocycles. The molecule has 0 saturated heterocycles. The molecule has 0 fully saturated rings. The van der Waals surface area contributed by atoms with Gasteiger partial charge >= 0.3 is 0 Å². The number of benzene rings is 1. The lowest BCUT2D eigenvalue weighted by Crippen LogP contribution is -2.01. The molecule has 0 atom stereocenters. The Bertz CT molecular complexity index is 868. The van der Waals surface area contributed by atoms with Gasteiger partial charge in [-0.3, -0.25) is 4.99 Å². The number of aliphatic imine (C=N–C) groups is 1. The largest absolute Gasteiger partial charge is 0.300 e. The molecule has 1 N–H and O–H groups in total. The summed E-state index contributed by atoms with van der Waals surface area (Å²) in [4.78, 5) is 17.9. The topological polar surface area (TPSA) is 63.1 Å². The van der Waals surface area contributed by atoms with Gasteiger partial charge in [0, 0.05) is 34.5 Å². The lowest BCUT2D eigenvalue weighted by Gasteiger charge is -2.09. The van der Waals surface area contributed by atoms with Gasteiger partial charge < -0.3 is 5.32 Å². The molecule has 1 aliphatic rings. The van der Waals surface area contributed by atoms with Crippen molar-refractivity contribution in [3.05, 3.63) is 52.7 Å². The van der Waals surface area contributed by atoms with Crippen molar-refractivity contribution in [1.82, 2.24) is 15.0 Å². The second-order valence-corrected chi connectivity index (χ2v) is 5.90. The van der Waals surface area contributed by atoms with Crippen LogP contribution in [0.4, 0.5) is 11.1 Å². The highest BCUT2D eigenvalue weighted by Crippen LogP contribution is 2.28. The van der Waals surface area contributed by atoms with Gasteiger partial charge in [0.15, 0.2) is 5.13 Å². The summed E-state index contributed by atoms with van der Waals surface area (Å²) >= 11 is 1.54. The van der Waals surface area contributed by atoms with Crippen molar-refractivity contribution in [1.29, 1.82) is 0 Å². The molecule has 1 aliphatic heterocycles. The number of hydrogen-bond donors (Lipinski definition) is 1. The van der Waals surface area contributed by atoms with Gasteiger partial charge in [0.1, 0.15) is 0 Å². The van der Waals surface area contributed by atoms with E-state index in [0.717, 1.165) is 33.2 Å². The summed E-state index contributed by atoms with van der Waals surface area (Å²) in [6.07, 6.45) is 3.73. The molecular formula is C16H13N5S. The maximum absolute atomic E-state index is 4.68. The van der Waals surface area contributed by atoms with Gasteiger partial charge in [0.25, 0.3) is 0 Å². The SMILES string of the molecule is Cc1csc(Nc2ncc3c(n2)-c2ccccc2C=NC3)n1. The molecule has 0 spiro atoms. The normalized spacial score (nSPS) is 12.4. The summed E-state index contributed by atoms with van der Waals surface area (Å²) in [7, 11) is 0. The monoisotopic (exact) mass is 307 g/mol. The Labute approximate surface area is 131 Å². The van der Waals surface area contributed by atoms with Gasteiger partial charge in [-0.1, -0.05) is 24.3 Å². The molecule has 0 radical (unpaired) electrons. The van der Waals surface area contributed by atoms with E-state index in [4.69, 9.17) is 0 Å². The molecular weight excluding hydrogens is 294 g/mol. The highest BCUT2D eigenvalue weighted by molar-refractivity contribution is 7.13. The number of fused-ring (bicyclic) bond motifs is 3. The van der Waals surface area contributed by atoms with E-state index in [1.807, 2.05) is 42.9 Å². The lowest BCUT2D eigenvalue weighted by atomic mass is 10.0. The predicted octanol–water partition coefficient (Wildman–Crippen LogP) is 3.58. The summed E-state index contributed by atoms with van der Waals surface area (Å²) < 4.78 is 0. The maximum Gasteiger partial charge on any atom is 0.229 e. The summed E-state index contributed by atoms with van der Waals surface area (Å²) in [6.45, 7) is 2.56. The van der Waals surface area contributed by atoms with Crippen LogP contribution >= 0.6 is 11.3 Å². The molecule has 5 nitrogen and oxygen atoms in total. The van der Waals surface area contributed by atoms with Crippen LogP contribution in [0.5, 0.6) is 0 Å². The van der Waals surface area contributed by atoms with Crippen LogP contribution in [-0.2, 0) is 6.54 Å². The summed E-state index contributed by atoms with van der Waals surface area (Å²) in [5.74, 6) is 0.560. The first kappa shape index (κ1) is 13.1. The van der Waals surface area contributed by atoms with Crippen LogP contribution in [-0.4, -0.2) is 21.2 Å². The molecule has 2 aromatic heterocycles. The van der Waals surface area contributed by atoms with Crippen molar-refractivity contribution in [3.63, 3.8) is 0 Å². The molecule has 0 bridgehead atoms. The predicted molar refractivity (Wildman–Crippen MR) is 88.9 cm³/mol. The Hall–Kier alpha value is -2.60. The Balaban J connectivity index is 1.77. The van der Waals surface area contributed by atoms with Gasteiger partial charge in [0.05, 0.1) is 17.9 Å². The summed E-state index contributed by atoms with van der Waals surface area (Å²) in [5.41, 5.74) is 5.11. The van der Waals surface area contributed by atoms with Crippen LogP contribution in [0.25, 0.3) is 11.3 Å². The van der Waals surface area contributed by atoms with Crippen LogP contribution in [0.2, 0.25) is 0 Å². The molecule has 0 aliphatic carbocycles. The van der Waals surface area contributed by atoms with Crippen molar-refractivity contribution in [2.75, 3.05) is 5.32 Å². The number of anilines is 2. The standard InChI is InChI=1S/C16H13N5S/c1-10-9-22-16(19-10)21-15-18-8-12-7-17-6-11-4-2-3-5-13(11)14(12)20-15/h2-6,8-9H,7H2,1H3,(H,18,19,20,21). The van der Waals surface area contributed by atoms with E-state index in [0.29, 0.717) is 12.5 Å². The second-order valence-electron chi connectivity index (χ2n) is 5.04. The fourth-order valence-corrected chi connectivity index (χ4v) is 3.07. The van der Waals surface area contributed by atoms with Crippen molar-refractivity contribution in [2.45, 2.75) is 13.5 Å². The van der Waals surface area contributed by atoms with E-state index in [1.165, 1.54) is 0 Å². The Morgan fingerprint density at radius 2 is 2.09 bits per heavy atom. The van der Waals surface area contributed by atoms with E-state index in [-0.39, 0.29) is 0 Å². The van der Waals surface area contributed by atoms with Gasteiger partial charge in [-0.2, -0.15) is 0 Å². The van der Waals surface area contributed by atoms with E-state index in [2.05, 4.69) is 31.3 Å². The first-order chi connectivity index (χ1) is 10.8. The Morgan fingerprint density at radius 1 is 1.18 bits per heavy atom. The van der Waals surface area contributed by atoms with E-state index in [1.54, 1.807) is 11.3 Å². The van der Waals surface area contributed by atoms with Crippen molar-refractivity contribution < 1.29 is 0 Å². The number of nitrogens with one attached hydrogen (secondary N) is 1.